The van der Waals surface area contributed by atoms with Crippen LogP contribution in [0.1, 0.15) is 87.3 Å². The summed E-state index contributed by atoms with van der Waals surface area (Å²) in [6.07, 6.45) is 1.96. The van der Waals surface area contributed by atoms with E-state index in [0.29, 0.717) is 47.4 Å². The van der Waals surface area contributed by atoms with Gasteiger partial charge in [-0.15, -0.1) is 11.3 Å². The van der Waals surface area contributed by atoms with Crippen LogP contribution in [-0.2, 0) is 30.6 Å². The van der Waals surface area contributed by atoms with Crippen molar-refractivity contribution < 1.29 is 56.2 Å². The number of nitrogens with one attached hydrogen (secondary N) is 6. The zero-order valence-corrected chi connectivity index (χ0v) is 42.8. The highest BCUT2D eigenvalue weighted by atomic mass is 127. The zero-order valence-electron chi connectivity index (χ0n) is 39.8. The maximum absolute atomic E-state index is 14.7. The number of hydroxylamine groups is 1. The summed E-state index contributed by atoms with van der Waals surface area (Å²) >= 11 is 3.35. The molecule has 3 aromatic carbocycles. The first-order valence-electron chi connectivity index (χ1n) is 23.3. The van der Waals surface area contributed by atoms with Crippen LogP contribution in [0.2, 0.25) is 0 Å². The molecule has 6 rings (SSSR count). The average Bonchev–Trinajstić information content (AvgIpc) is 3.73. The molecule has 1 aromatic heterocycles. The van der Waals surface area contributed by atoms with Gasteiger partial charge < -0.3 is 41.3 Å². The van der Waals surface area contributed by atoms with Crippen molar-refractivity contribution in [3.05, 3.63) is 91.9 Å². The zero-order chi connectivity index (χ0) is 51.5. The fourth-order valence-corrected chi connectivity index (χ4v) is 8.96. The van der Waals surface area contributed by atoms with Crippen LogP contribution in [0.5, 0.6) is 5.75 Å². The van der Waals surface area contributed by atoms with E-state index in [-0.39, 0.29) is 62.7 Å². The van der Waals surface area contributed by atoms with E-state index in [9.17, 15) is 46.6 Å². The lowest BCUT2D eigenvalue weighted by atomic mass is 9.85. The van der Waals surface area contributed by atoms with Crippen molar-refractivity contribution in [2.75, 3.05) is 44.7 Å². The van der Waals surface area contributed by atoms with Crippen LogP contribution in [-0.4, -0.2) is 108 Å². The molecular weight excluding hydrogens is 1060 g/mol. The van der Waals surface area contributed by atoms with Gasteiger partial charge in [-0.1, -0.05) is 39.3 Å². The molecule has 1 aliphatic carbocycles. The smallest absolute Gasteiger partial charge is 0.277 e. The molecule has 16 nitrogen and oxygen atoms in total. The SMILES string of the molecule is Cc1ncsc1-c1ccc(CNC(=O)C2CC(O)CN2C(=O)[C@@H](NC(=O)C2(F)CC2)C(C)(C)C)c(OCC(=O)NCCCCCNCCCONC(=O)c2ccc(F)c(F)c2Nc2ccc(I)cc2F)c1. The van der Waals surface area contributed by atoms with Crippen LogP contribution in [0.25, 0.3) is 10.4 Å². The van der Waals surface area contributed by atoms with Gasteiger partial charge in [0.05, 0.1) is 45.7 Å². The van der Waals surface area contributed by atoms with Crippen molar-refractivity contribution in [1.29, 1.82) is 0 Å². The normalized spacial score (nSPS) is 16.5. The Hall–Kier alpha value is -5.43. The Kier molecular flexibility index (Phi) is 19.2. The summed E-state index contributed by atoms with van der Waals surface area (Å²) in [6.45, 7) is 8.35. The molecule has 2 heterocycles. The Balaban J connectivity index is 0.906. The van der Waals surface area contributed by atoms with Crippen molar-refractivity contribution in [1.82, 2.24) is 36.6 Å². The lowest BCUT2D eigenvalue weighted by Crippen LogP contribution is -2.59. The monoisotopic (exact) mass is 1120 g/mol. The highest BCUT2D eigenvalue weighted by Gasteiger charge is 2.53. The molecule has 22 heteroatoms. The molecule has 0 radical (unpaired) electrons. The standard InChI is InChI=1S/C49H59F4IN8O8S/c1-28-42(71-27-58-28)29-9-10-30(24-57-45(66)37-23-32(63)25-62(37)46(67)43(48(2,3)4)60-47(68)49(53)15-16-49)38(21-29)69-26-39(64)56-19-7-5-6-17-55-18-8-20-70-61-44(65)33-12-13-34(50)40(52)41(33)59-36-14-11-31(54)22-35(36)51/h9-14,21-22,27,32,37,43,55,59,63H,5-8,15-20,23-26H2,1-4H3,(H,56,64)(H,57,66)(H,60,68)(H,61,65)/t32?,37?,43-/m1/s1. The van der Waals surface area contributed by atoms with Gasteiger partial charge in [0.25, 0.3) is 17.7 Å². The molecule has 2 fully saturated rings. The summed E-state index contributed by atoms with van der Waals surface area (Å²) in [4.78, 5) is 77.7. The summed E-state index contributed by atoms with van der Waals surface area (Å²) in [7, 11) is 0. The molecule has 2 unspecified atom stereocenters. The van der Waals surface area contributed by atoms with Crippen LogP contribution in [0.3, 0.4) is 0 Å². The quantitative estimate of drug-likeness (QED) is 0.0174. The number of rotatable bonds is 24. The number of carbonyl (C=O) groups excluding carboxylic acids is 5. The Labute approximate surface area is 426 Å². The van der Waals surface area contributed by atoms with Gasteiger partial charge in [-0.3, -0.25) is 28.8 Å². The van der Waals surface area contributed by atoms with Crippen LogP contribution >= 0.6 is 33.9 Å². The average molecular weight is 1120 g/mol. The predicted molar refractivity (Wildman–Crippen MR) is 267 cm³/mol. The molecule has 384 valence electrons. The number of anilines is 2. The number of alkyl halides is 1. The first kappa shape index (κ1) is 54.9. The second kappa shape index (κ2) is 24.8. The van der Waals surface area contributed by atoms with Crippen molar-refractivity contribution in [3.8, 4) is 16.2 Å². The number of aliphatic hydroxyl groups excluding tert-OH is 1. The highest BCUT2D eigenvalue weighted by Crippen LogP contribution is 2.41. The number of likely N-dealkylation sites (tertiary alicyclic amines) is 1. The number of aliphatic hydroxyl groups is 1. The summed E-state index contributed by atoms with van der Waals surface area (Å²) in [5.41, 5.74) is 2.32. The van der Waals surface area contributed by atoms with Crippen LogP contribution in [0.15, 0.2) is 54.0 Å². The number of benzene rings is 3. The molecule has 1 saturated heterocycles. The second-order valence-corrected chi connectivity index (χ2v) is 20.7. The number of ether oxygens (including phenoxy) is 1. The molecule has 4 aromatic rings. The largest absolute Gasteiger partial charge is 0.483 e. The summed E-state index contributed by atoms with van der Waals surface area (Å²) in [5, 5.41) is 24.6. The maximum Gasteiger partial charge on any atom is 0.277 e. The van der Waals surface area contributed by atoms with Crippen LogP contribution in [0, 0.1) is 33.4 Å². The Bertz CT molecular complexity index is 2560. The van der Waals surface area contributed by atoms with E-state index in [2.05, 4.69) is 37.0 Å². The van der Waals surface area contributed by atoms with E-state index in [1.54, 1.807) is 44.5 Å². The summed E-state index contributed by atoms with van der Waals surface area (Å²) in [5.74, 6) is -6.11. The lowest BCUT2D eigenvalue weighted by molar-refractivity contribution is -0.145. The minimum absolute atomic E-state index is 0.0356. The number of aryl methyl sites for hydroxylation is 1. The third-order valence-corrected chi connectivity index (χ3v) is 13.5. The molecule has 1 saturated carbocycles. The number of amides is 5. The van der Waals surface area contributed by atoms with Gasteiger partial charge >= 0.3 is 0 Å². The topological polar surface area (TPSA) is 212 Å². The molecule has 7 N–H and O–H groups in total. The van der Waals surface area contributed by atoms with Gasteiger partial charge in [-0.25, -0.2) is 28.0 Å². The van der Waals surface area contributed by atoms with Crippen LogP contribution < -0.4 is 36.8 Å². The molecular formula is C49H59F4IN8O8S. The number of aromatic nitrogens is 1. The Morgan fingerprint density at radius 3 is 2.41 bits per heavy atom. The minimum atomic E-state index is -2.01. The maximum atomic E-state index is 14.7. The molecule has 3 atom stereocenters. The molecule has 0 bridgehead atoms. The van der Waals surface area contributed by atoms with E-state index in [1.165, 1.54) is 28.4 Å². The highest BCUT2D eigenvalue weighted by molar-refractivity contribution is 14.1. The number of hydrogen-bond acceptors (Lipinski definition) is 12. The van der Waals surface area contributed by atoms with E-state index in [4.69, 9.17) is 9.57 Å². The van der Waals surface area contributed by atoms with Gasteiger partial charge in [-0.2, -0.15) is 0 Å². The van der Waals surface area contributed by atoms with Crippen molar-refractivity contribution in [2.45, 2.75) is 103 Å². The Morgan fingerprint density at radius 1 is 0.958 bits per heavy atom. The number of thiazole rings is 1. The number of carbonyl (C=O) groups is 5. The number of unbranched alkanes of at least 4 members (excludes halogenated alkanes) is 2. The predicted octanol–water partition coefficient (Wildman–Crippen LogP) is 6.50. The van der Waals surface area contributed by atoms with Gasteiger partial charge in [0.2, 0.25) is 11.8 Å². The van der Waals surface area contributed by atoms with E-state index in [1.807, 2.05) is 35.6 Å². The number of halogens is 5. The first-order chi connectivity index (χ1) is 33.7. The Morgan fingerprint density at radius 2 is 1.70 bits per heavy atom. The van der Waals surface area contributed by atoms with Crippen molar-refractivity contribution in [2.24, 2.45) is 5.41 Å². The van der Waals surface area contributed by atoms with E-state index >= 15 is 0 Å². The van der Waals surface area contributed by atoms with Gasteiger partial charge in [-0.05, 0) is 122 Å². The van der Waals surface area contributed by atoms with Crippen LogP contribution in [0.4, 0.5) is 28.9 Å². The lowest BCUT2D eigenvalue weighted by Gasteiger charge is -2.35. The van der Waals surface area contributed by atoms with Gasteiger partial charge in [0, 0.05) is 35.2 Å². The fraction of sp³-hybridized carbons (Fsp3) is 0.469. The molecule has 71 heavy (non-hydrogen) atoms. The molecule has 2 aliphatic rings. The van der Waals surface area contributed by atoms with Crippen molar-refractivity contribution >= 4 is 74.8 Å². The molecule has 0 spiro atoms. The minimum Gasteiger partial charge on any atom is -0.483 e. The molecule has 1 aliphatic heterocycles. The second-order valence-electron chi connectivity index (χ2n) is 18.6. The fourth-order valence-electron chi connectivity index (χ4n) is 7.70. The number of hydrogen-bond donors (Lipinski definition) is 7. The van der Waals surface area contributed by atoms with Gasteiger partial charge in [0.1, 0.15) is 23.7 Å². The first-order valence-corrected chi connectivity index (χ1v) is 25.2. The third kappa shape index (κ3) is 15.1. The van der Waals surface area contributed by atoms with E-state index < -0.39 is 76.0 Å². The van der Waals surface area contributed by atoms with Gasteiger partial charge in [0.15, 0.2) is 23.9 Å². The van der Waals surface area contributed by atoms with E-state index in [0.717, 1.165) is 41.1 Å². The number of β-amino-alcohol motifs (C(OH)–C–C–N with tert-alkyl or cyclic N) is 1. The summed E-state index contributed by atoms with van der Waals surface area (Å²) < 4.78 is 64.4. The summed E-state index contributed by atoms with van der Waals surface area (Å²) in [6, 6.07) is 9.19. The third-order valence-electron chi connectivity index (χ3n) is 11.9. The molecule has 5 amide bonds. The number of nitrogens with zero attached hydrogens (tertiary/aromatic N) is 2. The van der Waals surface area contributed by atoms with Crippen molar-refractivity contribution in [3.63, 3.8) is 0 Å².